The Bertz CT molecular complexity index is 266. The molecule has 0 aromatic rings. The van der Waals surface area contributed by atoms with E-state index < -0.39 is 23.8 Å². The maximum absolute atomic E-state index is 10.4. The molecule has 2 unspecified atom stereocenters. The van der Waals surface area contributed by atoms with Crippen LogP contribution in [0.2, 0.25) is 0 Å². The van der Waals surface area contributed by atoms with Gasteiger partial charge in [-0.05, 0) is 26.7 Å². The van der Waals surface area contributed by atoms with Crippen LogP contribution in [0.5, 0.6) is 0 Å². The second kappa shape index (κ2) is 11.9. The van der Waals surface area contributed by atoms with Crippen molar-refractivity contribution in [2.45, 2.75) is 40.5 Å². The van der Waals surface area contributed by atoms with E-state index in [1.807, 2.05) is 0 Å². The number of aliphatic carboxylic acids is 2. The molecule has 0 amide bonds. The third-order valence-corrected chi connectivity index (χ3v) is 2.39. The van der Waals surface area contributed by atoms with Crippen molar-refractivity contribution in [1.82, 2.24) is 0 Å². The summed E-state index contributed by atoms with van der Waals surface area (Å²) < 4.78 is 0. The summed E-state index contributed by atoms with van der Waals surface area (Å²) in [6, 6.07) is 0. The van der Waals surface area contributed by atoms with Gasteiger partial charge >= 0.3 is 11.9 Å². The average Bonchev–Trinajstić information content (AvgIpc) is 2.17. The Hall–Kier alpha value is -1.20. The van der Waals surface area contributed by atoms with Gasteiger partial charge < -0.3 is 10.2 Å². The van der Waals surface area contributed by atoms with E-state index >= 15 is 0 Å². The van der Waals surface area contributed by atoms with Gasteiger partial charge in [-0.3, -0.25) is 19.2 Å². The molecule has 0 saturated carbocycles. The third kappa shape index (κ3) is 10.4. The zero-order valence-electron chi connectivity index (χ0n) is 11.4. The van der Waals surface area contributed by atoms with E-state index in [9.17, 15) is 19.2 Å². The van der Waals surface area contributed by atoms with Crippen LogP contribution >= 0.6 is 0 Å². The molecule has 19 heavy (non-hydrogen) atoms. The smallest absolute Gasteiger partial charge is 0.314 e. The summed E-state index contributed by atoms with van der Waals surface area (Å²) in [5.74, 6) is -4.19. The molecule has 7 heteroatoms. The van der Waals surface area contributed by atoms with Gasteiger partial charge in [-0.2, -0.15) is 0 Å². The van der Waals surface area contributed by atoms with Crippen LogP contribution < -0.4 is 0 Å². The first kappa shape index (κ1) is 22.9. The van der Waals surface area contributed by atoms with Gasteiger partial charge in [-0.25, -0.2) is 0 Å². The Labute approximate surface area is 123 Å². The molecule has 0 rings (SSSR count). The number of rotatable bonds is 6. The number of hydrogen-bond donors (Lipinski definition) is 2. The van der Waals surface area contributed by atoms with Gasteiger partial charge in [0.25, 0.3) is 0 Å². The number of carboxylic acids is 2. The topological polar surface area (TPSA) is 109 Å². The van der Waals surface area contributed by atoms with Crippen LogP contribution in [0.3, 0.4) is 0 Å². The molecule has 6 nitrogen and oxygen atoms in total. The molecule has 0 bridgehead atoms. The normalized spacial score (nSPS) is 12.0. The van der Waals surface area contributed by atoms with Crippen LogP contribution in [0.25, 0.3) is 0 Å². The van der Waals surface area contributed by atoms with Crippen LogP contribution in [-0.2, 0) is 36.2 Å². The van der Waals surface area contributed by atoms with E-state index in [-0.39, 0.29) is 28.6 Å². The molecule has 2 atom stereocenters. The monoisotopic (exact) mass is 316 g/mol. The maximum atomic E-state index is 10.4. The van der Waals surface area contributed by atoms with Crippen molar-refractivity contribution in [3.05, 3.63) is 0 Å². The number of hydrogen-bond acceptors (Lipinski definition) is 4. The first-order valence-electron chi connectivity index (χ1n) is 5.65. The second-order valence-corrected chi connectivity index (χ2v) is 3.82. The van der Waals surface area contributed by atoms with E-state index in [0.29, 0.717) is 12.8 Å². The standard InChI is InChI=1S/2C6H10O3.Fe/c2*1-3-5(4(2)7)6(8)9;/h2*5H,3H2,1-2H3,(H,8,9);. The van der Waals surface area contributed by atoms with Crippen LogP contribution in [-0.4, -0.2) is 33.7 Å². The molecule has 0 saturated heterocycles. The zero-order chi connectivity index (χ0) is 14.9. The number of carbonyl (C=O) groups excluding carboxylic acids is 2. The molecule has 0 spiro atoms. The third-order valence-electron chi connectivity index (χ3n) is 2.39. The van der Waals surface area contributed by atoms with Gasteiger partial charge in [0.1, 0.15) is 23.4 Å². The van der Waals surface area contributed by atoms with E-state index in [1.165, 1.54) is 13.8 Å². The first-order valence-corrected chi connectivity index (χ1v) is 5.65. The summed E-state index contributed by atoms with van der Waals surface area (Å²) >= 11 is 0. The predicted molar refractivity (Wildman–Crippen MR) is 64.2 cm³/mol. The van der Waals surface area contributed by atoms with Crippen LogP contribution in [0.4, 0.5) is 0 Å². The number of Topliss-reactive ketones (excluding diaryl/α,β-unsaturated/α-hetero) is 2. The molecular formula is C12H20FeO6. The van der Waals surface area contributed by atoms with Crippen molar-refractivity contribution in [2.75, 3.05) is 0 Å². The summed E-state index contributed by atoms with van der Waals surface area (Å²) in [6.07, 6.45) is 0.759. The molecule has 0 aromatic heterocycles. The van der Waals surface area contributed by atoms with Gasteiger partial charge in [0.15, 0.2) is 0 Å². The van der Waals surface area contributed by atoms with Crippen LogP contribution in [0, 0.1) is 11.8 Å². The molecule has 2 N–H and O–H groups in total. The fourth-order valence-corrected chi connectivity index (χ4v) is 1.27. The minimum Gasteiger partial charge on any atom is -0.481 e. The Kier molecular flexibility index (Phi) is 14.3. The average molecular weight is 316 g/mol. The zero-order valence-corrected chi connectivity index (χ0v) is 12.6. The molecule has 0 aromatic carbocycles. The van der Waals surface area contributed by atoms with Gasteiger partial charge in [0.2, 0.25) is 0 Å². The maximum Gasteiger partial charge on any atom is 0.314 e. The molecule has 0 heterocycles. The van der Waals surface area contributed by atoms with Gasteiger partial charge in [-0.1, -0.05) is 13.8 Å². The van der Waals surface area contributed by atoms with E-state index in [1.54, 1.807) is 13.8 Å². The molecule has 0 aliphatic heterocycles. The molecule has 0 aliphatic carbocycles. The fourth-order valence-electron chi connectivity index (χ4n) is 1.27. The van der Waals surface area contributed by atoms with Gasteiger partial charge in [-0.15, -0.1) is 0 Å². The van der Waals surface area contributed by atoms with Crippen molar-refractivity contribution in [2.24, 2.45) is 11.8 Å². The van der Waals surface area contributed by atoms with Crippen molar-refractivity contribution in [1.29, 1.82) is 0 Å². The quantitative estimate of drug-likeness (QED) is 0.566. The van der Waals surface area contributed by atoms with Gasteiger partial charge in [0, 0.05) is 17.1 Å². The molecule has 112 valence electrons. The van der Waals surface area contributed by atoms with Crippen molar-refractivity contribution >= 4 is 23.5 Å². The Balaban J connectivity index is -0.000000256. The van der Waals surface area contributed by atoms with Gasteiger partial charge in [0.05, 0.1) is 0 Å². The summed E-state index contributed by atoms with van der Waals surface area (Å²) in [4.78, 5) is 41.2. The number of carboxylic acid groups (broad SMARTS) is 2. The summed E-state index contributed by atoms with van der Waals surface area (Å²) in [6.45, 7) is 5.95. The molecular weight excluding hydrogens is 296 g/mol. The Morgan fingerprint density at radius 3 is 1.00 bits per heavy atom. The number of carbonyl (C=O) groups is 4. The van der Waals surface area contributed by atoms with E-state index in [2.05, 4.69) is 0 Å². The van der Waals surface area contributed by atoms with Crippen molar-refractivity contribution in [3.63, 3.8) is 0 Å². The van der Waals surface area contributed by atoms with Crippen LogP contribution in [0.15, 0.2) is 0 Å². The number of ketones is 2. The fraction of sp³-hybridized carbons (Fsp3) is 0.667. The Morgan fingerprint density at radius 1 is 0.789 bits per heavy atom. The summed E-state index contributed by atoms with van der Waals surface area (Å²) in [7, 11) is 0. The molecule has 0 aliphatic rings. The SMILES string of the molecule is CCC(C(C)=O)C(=O)O.CCC(C(C)=O)C(=O)O.[Fe]. The first-order chi connectivity index (χ1) is 8.18. The van der Waals surface area contributed by atoms with E-state index in [4.69, 9.17) is 10.2 Å². The van der Waals surface area contributed by atoms with Crippen molar-refractivity contribution < 1.29 is 46.5 Å². The molecule has 0 fully saturated rings. The van der Waals surface area contributed by atoms with Crippen molar-refractivity contribution in [3.8, 4) is 0 Å². The minimum atomic E-state index is -1.02. The van der Waals surface area contributed by atoms with Crippen LogP contribution in [0.1, 0.15) is 40.5 Å². The summed E-state index contributed by atoms with van der Waals surface area (Å²) in [5, 5.41) is 16.6. The molecule has 0 radical (unpaired) electrons. The second-order valence-electron chi connectivity index (χ2n) is 3.82. The minimum absolute atomic E-state index is 0. The van der Waals surface area contributed by atoms with E-state index in [0.717, 1.165) is 0 Å². The Morgan fingerprint density at radius 2 is 1.00 bits per heavy atom. The predicted octanol–water partition coefficient (Wildman–Crippen LogP) is 1.37. The largest absolute Gasteiger partial charge is 0.481 e. The summed E-state index contributed by atoms with van der Waals surface area (Å²) in [5.41, 5.74) is 0.